The van der Waals surface area contributed by atoms with Gasteiger partial charge in [0.25, 0.3) is 5.91 Å². The highest BCUT2D eigenvalue weighted by Crippen LogP contribution is 2.28. The van der Waals surface area contributed by atoms with Crippen LogP contribution < -0.4 is 5.43 Å². The number of carbonyl (C=O) groups excluding carboxylic acids is 1. The number of carbonyl (C=O) groups is 1. The van der Waals surface area contributed by atoms with Gasteiger partial charge < -0.3 is 15.1 Å². The molecule has 1 aliphatic heterocycles. The first-order valence-electron chi connectivity index (χ1n) is 7.57. The number of hydrogen-bond acceptors (Lipinski definition) is 5. The Morgan fingerprint density at radius 3 is 2.36 bits per heavy atom. The predicted octanol–water partition coefficient (Wildman–Crippen LogP) is 0.687. The van der Waals surface area contributed by atoms with Gasteiger partial charge in [0, 0.05) is 37.8 Å². The van der Waals surface area contributed by atoms with Crippen LogP contribution in [0.4, 0.5) is 0 Å². The van der Waals surface area contributed by atoms with E-state index in [0.29, 0.717) is 24.7 Å². The number of rotatable bonds is 2. The van der Waals surface area contributed by atoms with Gasteiger partial charge in [-0.15, -0.1) is 0 Å². The molecule has 0 radical (unpaired) electrons. The van der Waals surface area contributed by atoms with Gasteiger partial charge in [-0.05, 0) is 37.5 Å². The van der Waals surface area contributed by atoms with Crippen LogP contribution in [0.2, 0.25) is 0 Å². The molecule has 1 aromatic carbocycles. The van der Waals surface area contributed by atoms with E-state index < -0.39 is 16.9 Å². The number of hydrogen-bond donors (Lipinski definition) is 2. The topological polar surface area (TPSA) is 81.1 Å². The van der Waals surface area contributed by atoms with E-state index in [1.807, 2.05) is 0 Å². The minimum atomic E-state index is -0.722. The summed E-state index contributed by atoms with van der Waals surface area (Å²) >= 11 is 0. The lowest BCUT2D eigenvalue weighted by Crippen LogP contribution is -2.49. The second-order valence-electron chi connectivity index (χ2n) is 6.04. The van der Waals surface area contributed by atoms with Crippen molar-refractivity contribution in [2.75, 3.05) is 26.2 Å². The van der Waals surface area contributed by atoms with Crippen molar-refractivity contribution in [2.24, 2.45) is 0 Å². The Morgan fingerprint density at radius 2 is 1.77 bits per heavy atom. The first kappa shape index (κ1) is 14.8. The molecule has 1 amide bonds. The van der Waals surface area contributed by atoms with Gasteiger partial charge in [-0.2, -0.15) is 0 Å². The van der Waals surface area contributed by atoms with Crippen molar-refractivity contribution in [1.82, 2.24) is 9.80 Å². The first-order chi connectivity index (χ1) is 10.5. The molecule has 1 aromatic rings. The third-order valence-corrected chi connectivity index (χ3v) is 4.42. The second-order valence-corrected chi connectivity index (χ2v) is 6.04. The highest BCUT2D eigenvalue weighted by molar-refractivity contribution is 5.96. The Morgan fingerprint density at radius 1 is 1.14 bits per heavy atom. The van der Waals surface area contributed by atoms with E-state index in [4.69, 9.17) is 0 Å². The SMILES string of the molecule is Cc1cc(=O)c(O)c(O)cc1C(=O)N1CCN(C2CC2)CC1. The monoisotopic (exact) mass is 304 g/mol. The summed E-state index contributed by atoms with van der Waals surface area (Å²) in [6.45, 7) is 4.64. The fourth-order valence-corrected chi connectivity index (χ4v) is 2.92. The summed E-state index contributed by atoms with van der Waals surface area (Å²) in [5.74, 6) is -1.49. The summed E-state index contributed by atoms with van der Waals surface area (Å²) < 4.78 is 0. The number of nitrogens with zero attached hydrogens (tertiary/aromatic N) is 2. The number of aryl methyl sites for hydroxylation is 1. The molecule has 1 heterocycles. The van der Waals surface area contributed by atoms with Crippen LogP contribution in [-0.4, -0.2) is 58.1 Å². The Kier molecular flexibility index (Phi) is 3.78. The Hall–Kier alpha value is -2.08. The minimum Gasteiger partial charge on any atom is -0.504 e. The van der Waals surface area contributed by atoms with E-state index in [2.05, 4.69) is 4.90 Å². The quantitative estimate of drug-likeness (QED) is 0.840. The summed E-state index contributed by atoms with van der Waals surface area (Å²) in [7, 11) is 0. The van der Waals surface area contributed by atoms with Crippen LogP contribution in [0.3, 0.4) is 0 Å². The van der Waals surface area contributed by atoms with Gasteiger partial charge in [0.1, 0.15) is 0 Å². The maximum atomic E-state index is 12.6. The van der Waals surface area contributed by atoms with Crippen LogP contribution in [0.5, 0.6) is 11.5 Å². The second kappa shape index (κ2) is 5.61. The van der Waals surface area contributed by atoms with Crippen LogP contribution in [0.1, 0.15) is 28.8 Å². The molecule has 3 rings (SSSR count). The molecule has 2 N–H and O–H groups in total. The average Bonchev–Trinajstić information content (AvgIpc) is 3.35. The summed E-state index contributed by atoms with van der Waals surface area (Å²) in [5.41, 5.74) is 0.0256. The molecule has 2 fully saturated rings. The van der Waals surface area contributed by atoms with Gasteiger partial charge in [-0.25, -0.2) is 0 Å². The van der Waals surface area contributed by atoms with Crippen molar-refractivity contribution in [3.05, 3.63) is 33.5 Å². The van der Waals surface area contributed by atoms with E-state index in [1.165, 1.54) is 25.0 Å². The largest absolute Gasteiger partial charge is 0.504 e. The van der Waals surface area contributed by atoms with Crippen molar-refractivity contribution < 1.29 is 15.0 Å². The normalized spacial score (nSPS) is 19.2. The van der Waals surface area contributed by atoms with Crippen LogP contribution >= 0.6 is 0 Å². The van der Waals surface area contributed by atoms with Crippen LogP contribution in [0, 0.1) is 6.92 Å². The summed E-state index contributed by atoms with van der Waals surface area (Å²) in [6, 6.07) is 3.06. The molecule has 0 bridgehead atoms. The molecule has 0 atom stereocenters. The third-order valence-electron chi connectivity index (χ3n) is 4.42. The summed E-state index contributed by atoms with van der Waals surface area (Å²) in [5, 5.41) is 19.2. The molecule has 6 heteroatoms. The lowest BCUT2D eigenvalue weighted by atomic mass is 10.1. The van der Waals surface area contributed by atoms with Crippen molar-refractivity contribution >= 4 is 5.91 Å². The zero-order valence-electron chi connectivity index (χ0n) is 12.6. The maximum absolute atomic E-state index is 12.6. The Labute approximate surface area is 128 Å². The molecular formula is C16H20N2O4. The Balaban J connectivity index is 1.82. The molecule has 0 unspecified atom stereocenters. The fraction of sp³-hybridized carbons (Fsp3) is 0.500. The minimum absolute atomic E-state index is 0.210. The fourth-order valence-electron chi connectivity index (χ4n) is 2.92. The van der Waals surface area contributed by atoms with E-state index in [0.717, 1.165) is 13.1 Å². The van der Waals surface area contributed by atoms with Gasteiger partial charge >= 0.3 is 0 Å². The van der Waals surface area contributed by atoms with Gasteiger partial charge in [-0.3, -0.25) is 14.5 Å². The van der Waals surface area contributed by atoms with E-state index in [9.17, 15) is 19.8 Å². The molecule has 1 saturated carbocycles. The highest BCUT2D eigenvalue weighted by Gasteiger charge is 2.32. The predicted molar refractivity (Wildman–Crippen MR) is 81.3 cm³/mol. The number of amides is 1. The van der Waals surface area contributed by atoms with E-state index in [-0.39, 0.29) is 11.5 Å². The van der Waals surface area contributed by atoms with E-state index in [1.54, 1.807) is 11.8 Å². The lowest BCUT2D eigenvalue weighted by molar-refractivity contribution is 0.0626. The average molecular weight is 304 g/mol. The maximum Gasteiger partial charge on any atom is 0.254 e. The smallest absolute Gasteiger partial charge is 0.254 e. The summed E-state index contributed by atoms with van der Waals surface area (Å²) in [6.07, 6.45) is 2.50. The van der Waals surface area contributed by atoms with Crippen molar-refractivity contribution in [2.45, 2.75) is 25.8 Å². The van der Waals surface area contributed by atoms with Crippen molar-refractivity contribution in [3.8, 4) is 11.5 Å². The molecule has 22 heavy (non-hydrogen) atoms. The van der Waals surface area contributed by atoms with Gasteiger partial charge in [-0.1, -0.05) is 0 Å². The molecule has 118 valence electrons. The first-order valence-corrected chi connectivity index (χ1v) is 7.57. The lowest BCUT2D eigenvalue weighted by Gasteiger charge is -2.35. The Bertz CT molecular complexity index is 662. The van der Waals surface area contributed by atoms with Crippen LogP contribution in [0.25, 0.3) is 0 Å². The summed E-state index contributed by atoms with van der Waals surface area (Å²) in [4.78, 5) is 28.4. The van der Waals surface area contributed by atoms with E-state index >= 15 is 0 Å². The molecular weight excluding hydrogens is 284 g/mol. The standard InChI is InChI=1S/C16H20N2O4/c1-10-8-13(19)15(21)14(20)9-12(10)16(22)18-6-4-17(5-7-18)11-2-3-11/h8-9,11H,2-7H2,1H3,(H2,19,20,21). The molecule has 1 saturated heterocycles. The van der Waals surface area contributed by atoms with Crippen molar-refractivity contribution in [3.63, 3.8) is 0 Å². The molecule has 6 nitrogen and oxygen atoms in total. The number of piperazine rings is 1. The zero-order valence-corrected chi connectivity index (χ0v) is 12.6. The molecule has 0 aromatic heterocycles. The number of aromatic hydroxyl groups is 2. The molecule has 0 spiro atoms. The van der Waals surface area contributed by atoms with Crippen LogP contribution in [-0.2, 0) is 0 Å². The van der Waals surface area contributed by atoms with Gasteiger partial charge in [0.05, 0.1) is 0 Å². The van der Waals surface area contributed by atoms with Gasteiger partial charge in [0.2, 0.25) is 11.2 Å². The van der Waals surface area contributed by atoms with Crippen LogP contribution in [0.15, 0.2) is 16.9 Å². The molecule has 2 aliphatic rings. The third kappa shape index (κ3) is 2.78. The highest BCUT2D eigenvalue weighted by atomic mass is 16.3. The zero-order chi connectivity index (χ0) is 15.9. The van der Waals surface area contributed by atoms with Gasteiger partial charge in [0.15, 0.2) is 5.75 Å². The molecule has 1 aliphatic carbocycles. The van der Waals surface area contributed by atoms with Crippen molar-refractivity contribution in [1.29, 1.82) is 0 Å².